The van der Waals surface area contributed by atoms with Crippen molar-refractivity contribution in [1.29, 1.82) is 0 Å². The van der Waals surface area contributed by atoms with Crippen molar-refractivity contribution in [3.05, 3.63) is 101 Å². The van der Waals surface area contributed by atoms with Gasteiger partial charge >= 0.3 is 0 Å². The molecule has 0 radical (unpaired) electrons. The van der Waals surface area contributed by atoms with E-state index in [1.807, 2.05) is 59.6 Å². The van der Waals surface area contributed by atoms with Gasteiger partial charge in [-0.15, -0.1) is 0 Å². The Balaban J connectivity index is 0.000000334. The number of aromatic hydroxyl groups is 1. The minimum absolute atomic E-state index is 0.00945. The quantitative estimate of drug-likeness (QED) is 0.563. The minimum Gasteiger partial charge on any atom is -0.502 e. The lowest BCUT2D eigenvalue weighted by atomic mass is 10.2. The van der Waals surface area contributed by atoms with Crippen LogP contribution >= 0.6 is 0 Å². The lowest BCUT2D eigenvalue weighted by molar-refractivity contribution is 0.0706. The van der Waals surface area contributed by atoms with E-state index in [9.17, 15) is 14.7 Å². The molecule has 1 N–H and O–H groups in total. The fourth-order valence-electron chi connectivity index (χ4n) is 3.39. The predicted molar refractivity (Wildman–Crippen MR) is 116 cm³/mol. The van der Waals surface area contributed by atoms with Crippen LogP contribution in [0.1, 0.15) is 16.1 Å². The summed E-state index contributed by atoms with van der Waals surface area (Å²) in [4.78, 5) is 29.9. The Hall–Kier alpha value is -4.07. The number of ether oxygens (including phenoxy) is 1. The summed E-state index contributed by atoms with van der Waals surface area (Å²) in [7, 11) is 0. The van der Waals surface area contributed by atoms with Crippen molar-refractivity contribution in [2.45, 2.75) is 6.54 Å². The zero-order valence-corrected chi connectivity index (χ0v) is 16.8. The molecule has 2 aromatic heterocycles. The Morgan fingerprint density at radius 1 is 0.968 bits per heavy atom. The number of nitrogens with zero attached hydrogens (tertiary/aromatic N) is 4. The second-order valence-electron chi connectivity index (χ2n) is 6.97. The number of hydrogen-bond acceptors (Lipinski definition) is 6. The van der Waals surface area contributed by atoms with E-state index in [1.54, 1.807) is 22.0 Å². The second kappa shape index (κ2) is 9.17. The molecule has 8 heteroatoms. The third-order valence-electron chi connectivity index (χ3n) is 4.90. The van der Waals surface area contributed by atoms with E-state index in [0.29, 0.717) is 26.4 Å². The van der Waals surface area contributed by atoms with Gasteiger partial charge in [0.2, 0.25) is 5.43 Å². The molecule has 0 atom stereocenters. The van der Waals surface area contributed by atoms with Gasteiger partial charge < -0.3 is 14.7 Å². The SMILES string of the molecule is O=C1c2c(O)c(=O)ccn2N2Cc3ccccc3OC/C=C\CN1C2.c1ccncc1. The molecular weight excluding hydrogens is 396 g/mol. The molecule has 1 amide bonds. The van der Waals surface area contributed by atoms with Gasteiger partial charge in [0.05, 0.1) is 6.54 Å². The maximum atomic E-state index is 12.7. The first kappa shape index (κ1) is 20.2. The lowest BCUT2D eigenvalue weighted by Gasteiger charge is -2.39. The average molecular weight is 418 g/mol. The number of pyridine rings is 2. The first-order valence-electron chi connectivity index (χ1n) is 9.85. The molecule has 2 bridgehead atoms. The highest BCUT2D eigenvalue weighted by molar-refractivity contribution is 5.96. The Labute approximate surface area is 179 Å². The van der Waals surface area contributed by atoms with Crippen LogP contribution in [0.2, 0.25) is 0 Å². The summed E-state index contributed by atoms with van der Waals surface area (Å²) in [5, 5.41) is 12.0. The number of benzene rings is 1. The molecule has 0 aliphatic carbocycles. The molecule has 0 spiro atoms. The van der Waals surface area contributed by atoms with Crippen LogP contribution in [0.4, 0.5) is 0 Å². The molecule has 1 aromatic carbocycles. The molecule has 4 heterocycles. The van der Waals surface area contributed by atoms with Gasteiger partial charge in [-0.25, -0.2) is 0 Å². The third-order valence-corrected chi connectivity index (χ3v) is 4.90. The van der Waals surface area contributed by atoms with Crippen molar-refractivity contribution in [3.63, 3.8) is 0 Å². The molecule has 0 saturated heterocycles. The van der Waals surface area contributed by atoms with Gasteiger partial charge in [-0.1, -0.05) is 30.3 Å². The molecule has 0 fully saturated rings. The molecule has 8 nitrogen and oxygen atoms in total. The smallest absolute Gasteiger partial charge is 0.278 e. The zero-order chi connectivity index (χ0) is 21.6. The van der Waals surface area contributed by atoms with Crippen LogP contribution in [0.3, 0.4) is 0 Å². The van der Waals surface area contributed by atoms with E-state index >= 15 is 0 Å². The molecule has 0 saturated carbocycles. The van der Waals surface area contributed by atoms with Crippen molar-refractivity contribution < 1.29 is 14.6 Å². The summed E-state index contributed by atoms with van der Waals surface area (Å²) in [6.07, 6.45) is 8.72. The summed E-state index contributed by atoms with van der Waals surface area (Å²) >= 11 is 0. The summed E-state index contributed by atoms with van der Waals surface area (Å²) in [6.45, 7) is 1.59. The van der Waals surface area contributed by atoms with Crippen molar-refractivity contribution >= 4 is 5.91 Å². The van der Waals surface area contributed by atoms with Gasteiger partial charge in [-0.3, -0.25) is 24.3 Å². The van der Waals surface area contributed by atoms with Gasteiger partial charge in [-0.2, -0.15) is 0 Å². The lowest BCUT2D eigenvalue weighted by Crippen LogP contribution is -2.53. The van der Waals surface area contributed by atoms with Crippen LogP contribution in [0.15, 0.2) is 84.1 Å². The van der Waals surface area contributed by atoms with Gasteiger partial charge in [-0.05, 0) is 24.3 Å². The topological polar surface area (TPSA) is 87.9 Å². The summed E-state index contributed by atoms with van der Waals surface area (Å²) < 4.78 is 7.35. The highest BCUT2D eigenvalue weighted by Crippen LogP contribution is 2.25. The molecule has 3 aromatic rings. The average Bonchev–Trinajstić information content (AvgIpc) is 2.84. The number of aromatic nitrogens is 2. The number of hydrogen-bond donors (Lipinski definition) is 1. The van der Waals surface area contributed by atoms with Crippen LogP contribution in [0.25, 0.3) is 0 Å². The van der Waals surface area contributed by atoms with E-state index in [-0.39, 0.29) is 11.6 Å². The normalized spacial score (nSPS) is 15.9. The maximum absolute atomic E-state index is 12.7. The monoisotopic (exact) mass is 418 g/mol. The third kappa shape index (κ3) is 4.42. The van der Waals surface area contributed by atoms with Crippen molar-refractivity contribution in [2.24, 2.45) is 0 Å². The molecule has 2 aliphatic heterocycles. The summed E-state index contributed by atoms with van der Waals surface area (Å²) in [5.41, 5.74) is 0.381. The fraction of sp³-hybridized carbons (Fsp3) is 0.174. The van der Waals surface area contributed by atoms with Gasteiger partial charge in [0.15, 0.2) is 11.4 Å². The van der Waals surface area contributed by atoms with Crippen LogP contribution in [0.5, 0.6) is 11.5 Å². The molecule has 5 rings (SSSR count). The van der Waals surface area contributed by atoms with E-state index in [2.05, 4.69) is 4.98 Å². The zero-order valence-electron chi connectivity index (χ0n) is 16.8. The van der Waals surface area contributed by atoms with Gasteiger partial charge in [0, 0.05) is 36.8 Å². The van der Waals surface area contributed by atoms with E-state index < -0.39 is 11.2 Å². The number of rotatable bonds is 0. The Morgan fingerprint density at radius 3 is 2.52 bits per heavy atom. The van der Waals surface area contributed by atoms with Crippen molar-refractivity contribution in [1.82, 2.24) is 14.6 Å². The first-order chi connectivity index (χ1) is 15.1. The highest BCUT2D eigenvalue weighted by Gasteiger charge is 2.32. The first-order valence-corrected chi connectivity index (χ1v) is 9.85. The fourth-order valence-corrected chi connectivity index (χ4v) is 3.39. The van der Waals surface area contributed by atoms with Crippen molar-refractivity contribution in [3.8, 4) is 11.5 Å². The largest absolute Gasteiger partial charge is 0.502 e. The Bertz CT molecular complexity index is 1120. The molecule has 158 valence electrons. The van der Waals surface area contributed by atoms with Crippen molar-refractivity contribution in [2.75, 3.05) is 24.8 Å². The number of fused-ring (bicyclic) bond motifs is 5. The van der Waals surface area contributed by atoms with E-state index in [1.165, 1.54) is 12.3 Å². The van der Waals surface area contributed by atoms with Crippen LogP contribution in [-0.2, 0) is 6.54 Å². The number of amides is 1. The van der Waals surface area contributed by atoms with Crippen LogP contribution in [0, 0.1) is 0 Å². The molecule has 0 unspecified atom stereocenters. The maximum Gasteiger partial charge on any atom is 0.278 e. The van der Waals surface area contributed by atoms with E-state index in [0.717, 1.165) is 11.3 Å². The number of carbonyl (C=O) groups is 1. The number of para-hydroxylation sites is 1. The molecular formula is C23H22N4O4. The number of carbonyl (C=O) groups excluding carboxylic acids is 1. The predicted octanol–water partition coefficient (Wildman–Crippen LogP) is 2.14. The summed E-state index contributed by atoms with van der Waals surface area (Å²) in [5.74, 6) is -0.126. The van der Waals surface area contributed by atoms with Crippen LogP contribution < -0.4 is 15.2 Å². The highest BCUT2D eigenvalue weighted by atomic mass is 16.5. The van der Waals surface area contributed by atoms with Crippen LogP contribution in [-0.4, -0.2) is 45.4 Å². The summed E-state index contributed by atoms with van der Waals surface area (Å²) in [6, 6.07) is 14.7. The Kier molecular flexibility index (Phi) is 5.98. The van der Waals surface area contributed by atoms with Gasteiger partial charge in [0.1, 0.15) is 19.0 Å². The molecule has 31 heavy (non-hydrogen) atoms. The van der Waals surface area contributed by atoms with Gasteiger partial charge in [0.25, 0.3) is 5.91 Å². The standard InChI is InChI=1S/C18H17N3O4.C5H5N/c22-14-7-9-21-16(17(14)23)18(24)19-8-3-4-10-25-15-6-2-1-5-13(15)11-20(21)12-19;1-2-4-6-5-3-1/h1-7,9,23H,8,10-12H2;1-5H/b4-3-;. The minimum atomic E-state index is -0.565. The van der Waals surface area contributed by atoms with E-state index in [4.69, 9.17) is 4.74 Å². The second-order valence-corrected chi connectivity index (χ2v) is 6.97. The molecule has 2 aliphatic rings. The Morgan fingerprint density at radius 2 is 1.77 bits per heavy atom.